The van der Waals surface area contributed by atoms with E-state index in [1.54, 1.807) is 13.0 Å². The van der Waals surface area contributed by atoms with Crippen molar-refractivity contribution >= 4 is 23.4 Å². The lowest BCUT2D eigenvalue weighted by molar-refractivity contribution is 0.198. The van der Waals surface area contributed by atoms with Crippen LogP contribution in [0, 0.1) is 0 Å². The number of aliphatic hydroxyl groups is 1. The van der Waals surface area contributed by atoms with Gasteiger partial charge in [0.2, 0.25) is 0 Å². The van der Waals surface area contributed by atoms with Gasteiger partial charge in [-0.05, 0) is 30.2 Å². The predicted octanol–water partition coefficient (Wildman–Crippen LogP) is 2.80. The molecule has 0 fully saturated rings. The quantitative estimate of drug-likeness (QED) is 0.838. The fourth-order valence-electron chi connectivity index (χ4n) is 1.52. The Kier molecular flexibility index (Phi) is 4.04. The number of benzene rings is 1. The second-order valence-corrected chi connectivity index (χ2v) is 5.00. The van der Waals surface area contributed by atoms with Gasteiger partial charge in [-0.2, -0.15) is 5.10 Å². The molecule has 4 nitrogen and oxygen atoms in total. The topological polar surface area (TPSA) is 61.8 Å². The Balaban J connectivity index is 2.16. The lowest BCUT2D eigenvalue weighted by atomic mass is 10.0. The van der Waals surface area contributed by atoms with Crippen LogP contribution in [0.1, 0.15) is 24.2 Å². The number of thioether (sulfide) groups is 1. The normalized spacial score (nSPS) is 12.6. The van der Waals surface area contributed by atoms with Crippen molar-refractivity contribution in [3.8, 4) is 0 Å². The molecule has 1 aromatic heterocycles. The number of nitrogens with one attached hydrogen (secondary N) is 1. The monoisotopic (exact) mass is 269 g/mol. The van der Waals surface area contributed by atoms with Gasteiger partial charge in [-0.25, -0.2) is 4.98 Å². The van der Waals surface area contributed by atoms with E-state index >= 15 is 0 Å². The summed E-state index contributed by atoms with van der Waals surface area (Å²) in [4.78, 5) is 4.03. The summed E-state index contributed by atoms with van der Waals surface area (Å²) in [5.74, 6) is 0.690. The van der Waals surface area contributed by atoms with Gasteiger partial charge in [-0.1, -0.05) is 29.4 Å². The van der Waals surface area contributed by atoms with Crippen LogP contribution in [-0.2, 0) is 5.75 Å². The van der Waals surface area contributed by atoms with Crippen LogP contribution in [0.5, 0.6) is 0 Å². The first-order chi connectivity index (χ1) is 8.16. The highest BCUT2D eigenvalue weighted by Gasteiger charge is 2.09. The van der Waals surface area contributed by atoms with E-state index in [2.05, 4.69) is 15.2 Å². The van der Waals surface area contributed by atoms with Crippen molar-refractivity contribution < 1.29 is 5.11 Å². The first-order valence-electron chi connectivity index (χ1n) is 5.11. The number of aromatic amines is 1. The molecule has 1 heterocycles. The molecule has 2 aromatic rings. The lowest BCUT2D eigenvalue weighted by Gasteiger charge is -2.11. The maximum Gasteiger partial charge on any atom is 0.183 e. The molecule has 0 amide bonds. The molecule has 1 aromatic carbocycles. The molecular weight excluding hydrogens is 258 g/mol. The van der Waals surface area contributed by atoms with Gasteiger partial charge < -0.3 is 5.11 Å². The van der Waals surface area contributed by atoms with Crippen molar-refractivity contribution in [2.75, 3.05) is 0 Å². The third-order valence-corrected chi connectivity index (χ3v) is 3.47. The zero-order valence-electron chi connectivity index (χ0n) is 9.22. The third-order valence-electron chi connectivity index (χ3n) is 2.31. The van der Waals surface area contributed by atoms with E-state index in [4.69, 9.17) is 11.6 Å². The molecule has 0 saturated heterocycles. The minimum absolute atomic E-state index is 0.502. The Hall–Kier alpha value is -1.04. The van der Waals surface area contributed by atoms with E-state index in [0.29, 0.717) is 10.8 Å². The molecule has 1 atom stereocenters. The van der Waals surface area contributed by atoms with Crippen LogP contribution in [-0.4, -0.2) is 20.3 Å². The molecule has 0 bridgehead atoms. The van der Waals surface area contributed by atoms with Gasteiger partial charge in [0.05, 0.1) is 6.10 Å². The summed E-state index contributed by atoms with van der Waals surface area (Å²) >= 11 is 7.48. The molecule has 0 aliphatic rings. The minimum atomic E-state index is -0.502. The molecule has 0 spiro atoms. The van der Waals surface area contributed by atoms with Crippen molar-refractivity contribution in [1.82, 2.24) is 15.2 Å². The molecule has 1 unspecified atom stereocenters. The first-order valence-corrected chi connectivity index (χ1v) is 6.47. The average molecular weight is 270 g/mol. The summed E-state index contributed by atoms with van der Waals surface area (Å²) in [6, 6.07) is 5.50. The van der Waals surface area contributed by atoms with Crippen LogP contribution in [0.4, 0.5) is 0 Å². The molecule has 0 aliphatic carbocycles. The standard InChI is InChI=1S/C11H12ClN3OS/c1-7(16)10-3-2-9(12)4-8(10)5-17-11-13-6-14-15-11/h2-4,6-7,16H,5H2,1H3,(H,13,14,15). The molecule has 6 heteroatoms. The summed E-state index contributed by atoms with van der Waals surface area (Å²) in [5, 5.41) is 17.6. The van der Waals surface area contributed by atoms with Crippen LogP contribution >= 0.6 is 23.4 Å². The second kappa shape index (κ2) is 5.53. The number of hydrogen-bond acceptors (Lipinski definition) is 4. The number of H-pyrrole nitrogens is 1. The van der Waals surface area contributed by atoms with Crippen molar-refractivity contribution in [2.24, 2.45) is 0 Å². The fourth-order valence-corrected chi connectivity index (χ4v) is 2.49. The summed E-state index contributed by atoms with van der Waals surface area (Å²) in [6.45, 7) is 1.74. The average Bonchev–Trinajstić information content (AvgIpc) is 2.78. The van der Waals surface area contributed by atoms with Crippen LogP contribution in [0.2, 0.25) is 5.02 Å². The van der Waals surface area contributed by atoms with E-state index in [1.807, 2.05) is 12.1 Å². The van der Waals surface area contributed by atoms with E-state index in [0.717, 1.165) is 16.3 Å². The molecule has 17 heavy (non-hydrogen) atoms. The van der Waals surface area contributed by atoms with E-state index in [9.17, 15) is 5.11 Å². The number of aliphatic hydroxyl groups excluding tert-OH is 1. The van der Waals surface area contributed by atoms with Crippen LogP contribution in [0.3, 0.4) is 0 Å². The Morgan fingerprint density at radius 1 is 1.53 bits per heavy atom. The molecule has 2 rings (SSSR count). The van der Waals surface area contributed by atoms with Gasteiger partial charge >= 0.3 is 0 Å². The number of halogens is 1. The smallest absolute Gasteiger partial charge is 0.183 e. The molecule has 2 N–H and O–H groups in total. The van der Waals surface area contributed by atoms with Crippen LogP contribution in [0.25, 0.3) is 0 Å². The van der Waals surface area contributed by atoms with Crippen LogP contribution in [0.15, 0.2) is 29.7 Å². The first kappa shape index (κ1) is 12.4. The maximum atomic E-state index is 9.66. The summed E-state index contributed by atoms with van der Waals surface area (Å²) in [6.07, 6.45) is 0.966. The van der Waals surface area contributed by atoms with E-state index in [-0.39, 0.29) is 0 Å². The highest BCUT2D eigenvalue weighted by Crippen LogP contribution is 2.27. The van der Waals surface area contributed by atoms with Gasteiger partial charge in [-0.15, -0.1) is 0 Å². The van der Waals surface area contributed by atoms with E-state index < -0.39 is 6.10 Å². The predicted molar refractivity (Wildman–Crippen MR) is 68.0 cm³/mol. The molecule has 0 aliphatic heterocycles. The molecule has 90 valence electrons. The Bertz CT molecular complexity index is 487. The van der Waals surface area contributed by atoms with Gasteiger partial charge in [-0.3, -0.25) is 5.10 Å². The zero-order valence-corrected chi connectivity index (χ0v) is 10.8. The molecule has 0 radical (unpaired) electrons. The summed E-state index contributed by atoms with van der Waals surface area (Å²) in [7, 11) is 0. The SMILES string of the molecule is CC(O)c1ccc(Cl)cc1CSc1ncn[nH]1. The maximum absolute atomic E-state index is 9.66. The number of hydrogen-bond donors (Lipinski definition) is 2. The van der Waals surface area contributed by atoms with Gasteiger partial charge in [0.1, 0.15) is 6.33 Å². The van der Waals surface area contributed by atoms with E-state index in [1.165, 1.54) is 18.1 Å². The Morgan fingerprint density at radius 2 is 2.35 bits per heavy atom. The number of rotatable bonds is 4. The minimum Gasteiger partial charge on any atom is -0.389 e. The number of nitrogens with zero attached hydrogens (tertiary/aromatic N) is 2. The largest absolute Gasteiger partial charge is 0.389 e. The zero-order chi connectivity index (χ0) is 12.3. The van der Waals surface area contributed by atoms with Crippen molar-refractivity contribution in [2.45, 2.75) is 23.9 Å². The van der Waals surface area contributed by atoms with Crippen molar-refractivity contribution in [3.63, 3.8) is 0 Å². The van der Waals surface area contributed by atoms with Crippen molar-refractivity contribution in [1.29, 1.82) is 0 Å². The molecule has 0 saturated carbocycles. The Labute approximate surface area is 108 Å². The lowest BCUT2D eigenvalue weighted by Crippen LogP contribution is -1.97. The summed E-state index contributed by atoms with van der Waals surface area (Å²) < 4.78 is 0. The highest BCUT2D eigenvalue weighted by molar-refractivity contribution is 7.98. The number of aromatic nitrogens is 3. The van der Waals surface area contributed by atoms with Crippen molar-refractivity contribution in [3.05, 3.63) is 40.7 Å². The van der Waals surface area contributed by atoms with Gasteiger partial charge in [0, 0.05) is 10.8 Å². The van der Waals surface area contributed by atoms with Gasteiger partial charge in [0.15, 0.2) is 5.16 Å². The second-order valence-electron chi connectivity index (χ2n) is 3.60. The Morgan fingerprint density at radius 3 is 3.00 bits per heavy atom. The van der Waals surface area contributed by atoms with Crippen LogP contribution < -0.4 is 0 Å². The summed E-state index contributed by atoms with van der Waals surface area (Å²) in [5.41, 5.74) is 1.90. The fraction of sp³-hybridized carbons (Fsp3) is 0.273. The molecular formula is C11H12ClN3OS. The highest BCUT2D eigenvalue weighted by atomic mass is 35.5. The third kappa shape index (κ3) is 3.21. The van der Waals surface area contributed by atoms with Gasteiger partial charge in [0.25, 0.3) is 0 Å².